The molecule has 1 N–H and O–H groups in total. The quantitative estimate of drug-likeness (QED) is 0.287. The number of nitrogens with zero attached hydrogens (tertiary/aromatic N) is 1. The van der Waals surface area contributed by atoms with Crippen molar-refractivity contribution in [1.82, 2.24) is 4.57 Å². The number of carboxylic acid groups (broad SMARTS) is 1. The Morgan fingerprint density at radius 1 is 1.06 bits per heavy atom. The molecule has 1 aromatic heterocycles. The van der Waals surface area contributed by atoms with Gasteiger partial charge in [0.25, 0.3) is 0 Å². The molecule has 0 saturated carbocycles. The summed E-state index contributed by atoms with van der Waals surface area (Å²) in [6.45, 7) is 4.98. The van der Waals surface area contributed by atoms with E-state index in [0.717, 1.165) is 27.5 Å². The lowest BCUT2D eigenvalue weighted by molar-refractivity contribution is -0.137. The van der Waals surface area contributed by atoms with Crippen LogP contribution in [0.3, 0.4) is 0 Å². The van der Waals surface area contributed by atoms with E-state index in [1.54, 1.807) is 6.92 Å². The van der Waals surface area contributed by atoms with Gasteiger partial charge in [-0.05, 0) is 65.8 Å². The highest BCUT2D eigenvalue weighted by atomic mass is 35.5. The first-order valence-corrected chi connectivity index (χ1v) is 11.5. The molecule has 0 spiro atoms. The number of hydrogen-bond donors (Lipinski definition) is 1. The normalized spacial score (nSPS) is 11.6. The maximum atomic E-state index is 11.1. The first kappa shape index (κ1) is 23.5. The van der Waals surface area contributed by atoms with Crippen LogP contribution in [-0.2, 0) is 17.9 Å². The van der Waals surface area contributed by atoms with E-state index in [-0.39, 0.29) is 12.3 Å². The number of fused-ring (bicyclic) bond motifs is 1. The number of carboxylic acids is 1. The second-order valence-electron chi connectivity index (χ2n) is 8.23. The van der Waals surface area contributed by atoms with Gasteiger partial charge < -0.3 is 14.4 Å². The number of aryl methyl sites for hydroxylation is 1. The van der Waals surface area contributed by atoms with E-state index in [1.807, 2.05) is 48.5 Å². The van der Waals surface area contributed by atoms with Gasteiger partial charge in [-0.25, -0.2) is 0 Å². The van der Waals surface area contributed by atoms with E-state index >= 15 is 0 Å². The predicted octanol–water partition coefficient (Wildman–Crippen LogP) is 6.81. The molecule has 0 aliphatic heterocycles. The maximum absolute atomic E-state index is 11.1. The molecule has 3 aromatic carbocycles. The van der Waals surface area contributed by atoms with Gasteiger partial charge >= 0.3 is 5.97 Å². The number of carbonyl (C=O) groups is 1. The van der Waals surface area contributed by atoms with Gasteiger partial charge in [0.05, 0.1) is 17.9 Å². The molecule has 5 heteroatoms. The molecule has 0 amide bonds. The maximum Gasteiger partial charge on any atom is 0.304 e. The van der Waals surface area contributed by atoms with Crippen LogP contribution in [0.4, 0.5) is 0 Å². The SMILES string of the molecule is CC#CC(CC(=O)O)c1ccc(OCc2ccc3ccn(Cc4ccccc4Cl)c3c2C)cc1. The first-order valence-electron chi connectivity index (χ1n) is 11.1. The van der Waals surface area contributed by atoms with Gasteiger partial charge in [-0.3, -0.25) is 4.79 Å². The molecule has 0 aliphatic rings. The zero-order valence-corrected chi connectivity index (χ0v) is 20.0. The second-order valence-corrected chi connectivity index (χ2v) is 8.63. The van der Waals surface area contributed by atoms with Gasteiger partial charge in [-0.1, -0.05) is 60.0 Å². The van der Waals surface area contributed by atoms with Crippen LogP contribution in [0.25, 0.3) is 10.9 Å². The Morgan fingerprint density at radius 3 is 2.53 bits per heavy atom. The predicted molar refractivity (Wildman–Crippen MR) is 136 cm³/mol. The molecule has 4 rings (SSSR count). The van der Waals surface area contributed by atoms with E-state index in [4.69, 9.17) is 21.4 Å². The topological polar surface area (TPSA) is 51.5 Å². The smallest absolute Gasteiger partial charge is 0.304 e. The van der Waals surface area contributed by atoms with Crippen LogP contribution in [0.15, 0.2) is 72.9 Å². The number of benzene rings is 3. The van der Waals surface area contributed by atoms with Crippen LogP contribution >= 0.6 is 11.6 Å². The highest BCUT2D eigenvalue weighted by Gasteiger charge is 2.14. The number of ether oxygens (including phenoxy) is 1. The third-order valence-corrected chi connectivity index (χ3v) is 6.34. The van der Waals surface area contributed by atoms with Crippen molar-refractivity contribution in [2.75, 3.05) is 0 Å². The van der Waals surface area contributed by atoms with E-state index in [2.05, 4.69) is 47.7 Å². The molecule has 4 aromatic rings. The summed E-state index contributed by atoms with van der Waals surface area (Å²) in [6.07, 6.45) is 2.07. The van der Waals surface area contributed by atoms with E-state index in [1.165, 1.54) is 16.5 Å². The van der Waals surface area contributed by atoms with Gasteiger partial charge in [-0.15, -0.1) is 5.92 Å². The lowest BCUT2D eigenvalue weighted by Crippen LogP contribution is -2.05. The highest BCUT2D eigenvalue weighted by Crippen LogP contribution is 2.27. The molecule has 34 heavy (non-hydrogen) atoms. The van der Waals surface area contributed by atoms with Gasteiger partial charge in [0.15, 0.2) is 0 Å². The van der Waals surface area contributed by atoms with Gasteiger partial charge in [-0.2, -0.15) is 0 Å². The van der Waals surface area contributed by atoms with Crippen molar-refractivity contribution in [2.45, 2.75) is 39.3 Å². The number of rotatable bonds is 8. The minimum Gasteiger partial charge on any atom is -0.489 e. The minimum absolute atomic E-state index is 0.0197. The Bertz CT molecular complexity index is 1380. The van der Waals surface area contributed by atoms with Crippen LogP contribution in [0.2, 0.25) is 5.02 Å². The minimum atomic E-state index is -0.863. The third kappa shape index (κ3) is 5.27. The molecule has 0 radical (unpaired) electrons. The number of aromatic nitrogens is 1. The third-order valence-electron chi connectivity index (χ3n) is 5.97. The van der Waals surface area contributed by atoms with E-state index < -0.39 is 5.97 Å². The summed E-state index contributed by atoms with van der Waals surface area (Å²) in [5, 5.41) is 11.1. The van der Waals surface area contributed by atoms with Crippen molar-refractivity contribution in [3.05, 3.63) is 100 Å². The summed E-state index contributed by atoms with van der Waals surface area (Å²) in [4.78, 5) is 11.1. The molecule has 1 unspecified atom stereocenters. The summed E-state index contributed by atoms with van der Waals surface area (Å²) in [5.41, 5.74) is 5.41. The van der Waals surface area contributed by atoms with Crippen molar-refractivity contribution in [3.63, 3.8) is 0 Å². The molecular formula is C29H26ClNO3. The summed E-state index contributed by atoms with van der Waals surface area (Å²) in [6, 6.07) is 21.8. The van der Waals surface area contributed by atoms with Crippen molar-refractivity contribution in [2.24, 2.45) is 0 Å². The van der Waals surface area contributed by atoms with Crippen LogP contribution in [0, 0.1) is 18.8 Å². The van der Waals surface area contributed by atoms with Crippen molar-refractivity contribution in [3.8, 4) is 17.6 Å². The molecule has 0 fully saturated rings. The monoisotopic (exact) mass is 471 g/mol. The summed E-state index contributed by atoms with van der Waals surface area (Å²) < 4.78 is 8.29. The lowest BCUT2D eigenvalue weighted by Gasteiger charge is -2.14. The molecule has 1 heterocycles. The fraction of sp³-hybridized carbons (Fsp3) is 0.207. The Hall–Kier alpha value is -3.68. The summed E-state index contributed by atoms with van der Waals surface area (Å²) >= 11 is 6.38. The number of aliphatic carboxylic acids is 1. The second kappa shape index (κ2) is 10.5. The number of halogens is 1. The lowest BCUT2D eigenvalue weighted by atomic mass is 9.96. The number of hydrogen-bond acceptors (Lipinski definition) is 2. The van der Waals surface area contributed by atoms with Crippen LogP contribution in [0.5, 0.6) is 5.75 Å². The Balaban J connectivity index is 1.51. The Kier molecular flexibility index (Phi) is 7.25. The highest BCUT2D eigenvalue weighted by molar-refractivity contribution is 6.31. The zero-order valence-electron chi connectivity index (χ0n) is 19.2. The molecule has 0 saturated heterocycles. The molecular weight excluding hydrogens is 446 g/mol. The Morgan fingerprint density at radius 2 is 1.82 bits per heavy atom. The summed E-state index contributed by atoms with van der Waals surface area (Å²) in [7, 11) is 0. The molecule has 0 bridgehead atoms. The van der Waals surface area contributed by atoms with E-state index in [9.17, 15) is 4.79 Å². The fourth-order valence-electron chi connectivity index (χ4n) is 4.18. The van der Waals surface area contributed by atoms with Crippen LogP contribution < -0.4 is 4.74 Å². The standard InChI is InChI=1S/C29H26ClNO3/c1-3-6-23(17-28(32)33)21-11-13-26(14-12-21)34-19-25-10-9-22-15-16-31(29(22)20(25)2)18-24-7-4-5-8-27(24)30/h4-5,7-16,23H,17-19H2,1-2H3,(H,32,33). The molecule has 172 valence electrons. The average molecular weight is 472 g/mol. The average Bonchev–Trinajstić information content (AvgIpc) is 3.23. The van der Waals surface area contributed by atoms with Crippen molar-refractivity contribution < 1.29 is 14.6 Å². The first-order chi connectivity index (χ1) is 16.5. The van der Waals surface area contributed by atoms with Crippen LogP contribution in [-0.4, -0.2) is 15.6 Å². The molecule has 1 atom stereocenters. The van der Waals surface area contributed by atoms with Gasteiger partial charge in [0.2, 0.25) is 0 Å². The van der Waals surface area contributed by atoms with Crippen molar-refractivity contribution >= 4 is 28.5 Å². The van der Waals surface area contributed by atoms with Crippen molar-refractivity contribution in [1.29, 1.82) is 0 Å². The fourth-order valence-corrected chi connectivity index (χ4v) is 4.38. The van der Waals surface area contributed by atoms with Gasteiger partial charge in [0, 0.05) is 17.8 Å². The van der Waals surface area contributed by atoms with E-state index in [0.29, 0.717) is 13.2 Å². The molecule has 0 aliphatic carbocycles. The summed E-state index contributed by atoms with van der Waals surface area (Å²) in [5.74, 6) is 5.33. The van der Waals surface area contributed by atoms with Gasteiger partial charge in [0.1, 0.15) is 12.4 Å². The van der Waals surface area contributed by atoms with Crippen LogP contribution in [0.1, 0.15) is 41.5 Å². The largest absolute Gasteiger partial charge is 0.489 e. The Labute approximate surface area is 204 Å². The molecule has 4 nitrogen and oxygen atoms in total. The zero-order chi connectivity index (χ0) is 24.1.